The molecule has 0 fully saturated rings. The number of carbonyl (C=O) groups excluding carboxylic acids is 1. The molecule has 0 bridgehead atoms. The van der Waals surface area contributed by atoms with Gasteiger partial charge in [-0.3, -0.25) is 4.79 Å². The molecule has 37 heavy (non-hydrogen) atoms. The second kappa shape index (κ2) is 9.20. The Bertz CT molecular complexity index is 1620. The van der Waals surface area contributed by atoms with Crippen molar-refractivity contribution in [1.29, 1.82) is 0 Å². The molecule has 1 N–H and O–H groups in total. The zero-order chi connectivity index (χ0) is 25.5. The van der Waals surface area contributed by atoms with Crippen molar-refractivity contribution in [3.63, 3.8) is 0 Å². The van der Waals surface area contributed by atoms with E-state index in [4.69, 9.17) is 8.94 Å². The van der Waals surface area contributed by atoms with E-state index >= 15 is 0 Å². The molecule has 5 aromatic rings. The number of carbonyl (C=O) groups is 1. The van der Waals surface area contributed by atoms with Crippen LogP contribution in [0.1, 0.15) is 44.3 Å². The highest BCUT2D eigenvalue weighted by Gasteiger charge is 2.21. The van der Waals surface area contributed by atoms with E-state index < -0.39 is 0 Å². The first kappa shape index (κ1) is 23.0. The lowest BCUT2D eigenvalue weighted by Crippen LogP contribution is -2.31. The molecular weight excluding hydrogens is 466 g/mol. The van der Waals surface area contributed by atoms with Gasteiger partial charge in [0, 0.05) is 31.4 Å². The van der Waals surface area contributed by atoms with Crippen LogP contribution in [0.4, 0.5) is 5.82 Å². The summed E-state index contributed by atoms with van der Waals surface area (Å²) in [5.74, 6) is 2.22. The highest BCUT2D eigenvalue weighted by Crippen LogP contribution is 2.30. The van der Waals surface area contributed by atoms with Crippen LogP contribution in [0.3, 0.4) is 0 Å². The van der Waals surface area contributed by atoms with E-state index in [9.17, 15) is 4.79 Å². The van der Waals surface area contributed by atoms with E-state index in [0.29, 0.717) is 34.6 Å². The second-order valence-corrected chi connectivity index (χ2v) is 9.48. The van der Waals surface area contributed by atoms with Gasteiger partial charge in [0.2, 0.25) is 0 Å². The molecule has 186 valence electrons. The molecule has 1 aromatic carbocycles. The average Bonchev–Trinajstić information content (AvgIpc) is 3.47. The number of aryl methyl sites for hydroxylation is 3. The van der Waals surface area contributed by atoms with Crippen LogP contribution in [-0.2, 0) is 19.5 Å². The Labute approximate surface area is 214 Å². The van der Waals surface area contributed by atoms with Gasteiger partial charge in [0.25, 0.3) is 11.6 Å². The number of nitrogens with one attached hydrogen (secondary N) is 1. The number of pyridine rings is 2. The van der Waals surface area contributed by atoms with Crippen molar-refractivity contribution in [2.24, 2.45) is 0 Å². The van der Waals surface area contributed by atoms with Gasteiger partial charge in [0.05, 0.1) is 22.3 Å². The zero-order valence-electron chi connectivity index (χ0n) is 21.0. The van der Waals surface area contributed by atoms with Crippen molar-refractivity contribution >= 4 is 22.8 Å². The van der Waals surface area contributed by atoms with E-state index in [1.807, 2.05) is 38.2 Å². The summed E-state index contributed by atoms with van der Waals surface area (Å²) in [7, 11) is 0. The molecule has 6 rings (SSSR count). The summed E-state index contributed by atoms with van der Waals surface area (Å²) in [5, 5.41) is 7.66. The van der Waals surface area contributed by atoms with Crippen molar-refractivity contribution in [3.05, 3.63) is 94.2 Å². The number of nitrogens with zero attached hydrogens (tertiary/aromatic N) is 4. The number of rotatable bonds is 5. The minimum Gasteiger partial charge on any atom is -0.466 e. The molecule has 1 aliphatic heterocycles. The number of anilines is 1. The fraction of sp³-hybridized carbons (Fsp3) is 0.241. The third-order valence-corrected chi connectivity index (χ3v) is 6.90. The molecule has 0 saturated heterocycles. The van der Waals surface area contributed by atoms with Crippen molar-refractivity contribution < 1.29 is 13.7 Å². The molecule has 0 unspecified atom stereocenters. The predicted molar refractivity (Wildman–Crippen MR) is 140 cm³/mol. The lowest BCUT2D eigenvalue weighted by molar-refractivity contribution is 0.0952. The van der Waals surface area contributed by atoms with Crippen LogP contribution in [0.5, 0.6) is 0 Å². The lowest BCUT2D eigenvalue weighted by Gasteiger charge is -2.29. The van der Waals surface area contributed by atoms with Crippen LogP contribution in [-0.4, -0.2) is 27.6 Å². The minimum absolute atomic E-state index is 0.227. The third kappa shape index (κ3) is 4.35. The van der Waals surface area contributed by atoms with Gasteiger partial charge in [-0.05, 0) is 62.1 Å². The van der Waals surface area contributed by atoms with Crippen molar-refractivity contribution in [2.45, 2.75) is 40.3 Å². The van der Waals surface area contributed by atoms with Gasteiger partial charge in [0.15, 0.2) is 0 Å². The molecule has 0 atom stereocenters. The van der Waals surface area contributed by atoms with E-state index in [1.54, 1.807) is 13.0 Å². The minimum atomic E-state index is -0.227. The Morgan fingerprint density at radius 1 is 1.08 bits per heavy atom. The quantitative estimate of drug-likeness (QED) is 0.355. The standard InChI is InChI=1S/C29H27N5O3/c1-17-12-23(19(3)36-17)25-13-24(27-18(2)33-37-29(27)32-25)28(35)31-15-20-8-9-26(30-14-20)34-11-10-21-6-4-5-7-22(21)16-34/h4-9,12-14H,10-11,15-16H2,1-3H3,(H,31,35). The number of hydrogen-bond donors (Lipinski definition) is 1. The highest BCUT2D eigenvalue weighted by atomic mass is 16.5. The Hall–Kier alpha value is -4.46. The SMILES string of the molecule is Cc1cc(-c2cc(C(=O)NCc3ccc(N4CCc5ccccc5C4)nc3)c3c(C)noc3n2)c(C)o1. The van der Waals surface area contributed by atoms with Crippen LogP contribution in [0.2, 0.25) is 0 Å². The molecule has 0 saturated carbocycles. The normalized spacial score (nSPS) is 13.1. The number of aromatic nitrogens is 3. The maximum atomic E-state index is 13.3. The Morgan fingerprint density at radius 3 is 2.68 bits per heavy atom. The van der Waals surface area contributed by atoms with Crippen LogP contribution < -0.4 is 10.2 Å². The van der Waals surface area contributed by atoms with Gasteiger partial charge in [-0.2, -0.15) is 0 Å². The van der Waals surface area contributed by atoms with Crippen LogP contribution in [0.25, 0.3) is 22.4 Å². The predicted octanol–water partition coefficient (Wildman–Crippen LogP) is 5.30. The van der Waals surface area contributed by atoms with Gasteiger partial charge in [-0.15, -0.1) is 0 Å². The Kier molecular flexibility index (Phi) is 5.71. The molecule has 8 nitrogen and oxygen atoms in total. The molecule has 0 radical (unpaired) electrons. The van der Waals surface area contributed by atoms with Crippen LogP contribution in [0.15, 0.2) is 63.7 Å². The van der Waals surface area contributed by atoms with Gasteiger partial charge in [-0.1, -0.05) is 35.5 Å². The summed E-state index contributed by atoms with van der Waals surface area (Å²) in [4.78, 5) is 24.9. The fourth-order valence-corrected chi connectivity index (χ4v) is 4.97. The molecule has 0 aliphatic carbocycles. The van der Waals surface area contributed by atoms with Crippen LogP contribution in [0, 0.1) is 20.8 Å². The van der Waals surface area contributed by atoms with Gasteiger partial charge in [0.1, 0.15) is 17.3 Å². The third-order valence-electron chi connectivity index (χ3n) is 6.90. The number of furan rings is 1. The largest absolute Gasteiger partial charge is 0.466 e. The maximum Gasteiger partial charge on any atom is 0.259 e. The number of amides is 1. The van der Waals surface area contributed by atoms with Crippen molar-refractivity contribution in [1.82, 2.24) is 20.4 Å². The molecular formula is C29H27N5O3. The molecule has 5 heterocycles. The topological polar surface area (TPSA) is 97.3 Å². The molecule has 0 spiro atoms. The number of fused-ring (bicyclic) bond motifs is 2. The van der Waals surface area contributed by atoms with Gasteiger partial charge >= 0.3 is 0 Å². The van der Waals surface area contributed by atoms with Crippen LogP contribution >= 0.6 is 0 Å². The molecule has 4 aromatic heterocycles. The smallest absolute Gasteiger partial charge is 0.259 e. The monoisotopic (exact) mass is 493 g/mol. The lowest BCUT2D eigenvalue weighted by atomic mass is 10.00. The summed E-state index contributed by atoms with van der Waals surface area (Å²) < 4.78 is 11.1. The van der Waals surface area contributed by atoms with E-state index in [-0.39, 0.29) is 5.91 Å². The number of benzene rings is 1. The zero-order valence-corrected chi connectivity index (χ0v) is 21.0. The first-order chi connectivity index (χ1) is 18.0. The molecule has 1 amide bonds. The summed E-state index contributed by atoms with van der Waals surface area (Å²) in [6.07, 6.45) is 2.84. The summed E-state index contributed by atoms with van der Waals surface area (Å²) >= 11 is 0. The van der Waals surface area contributed by atoms with E-state index in [1.165, 1.54) is 11.1 Å². The van der Waals surface area contributed by atoms with Gasteiger partial charge in [-0.25, -0.2) is 9.97 Å². The second-order valence-electron chi connectivity index (χ2n) is 9.48. The van der Waals surface area contributed by atoms with E-state index in [0.717, 1.165) is 48.0 Å². The summed E-state index contributed by atoms with van der Waals surface area (Å²) in [5.41, 5.74) is 6.52. The number of hydrogen-bond acceptors (Lipinski definition) is 7. The molecule has 1 aliphatic rings. The Morgan fingerprint density at radius 2 is 1.92 bits per heavy atom. The first-order valence-electron chi connectivity index (χ1n) is 12.4. The van der Waals surface area contributed by atoms with Crippen molar-refractivity contribution in [2.75, 3.05) is 11.4 Å². The summed E-state index contributed by atoms with van der Waals surface area (Å²) in [6, 6.07) is 16.3. The fourth-order valence-electron chi connectivity index (χ4n) is 4.97. The Balaban J connectivity index is 1.20. The van der Waals surface area contributed by atoms with Gasteiger partial charge < -0.3 is 19.2 Å². The highest BCUT2D eigenvalue weighted by molar-refractivity contribution is 6.07. The average molecular weight is 494 g/mol. The maximum absolute atomic E-state index is 13.3. The summed E-state index contributed by atoms with van der Waals surface area (Å²) in [6.45, 7) is 7.70. The molecule has 8 heteroatoms. The first-order valence-corrected chi connectivity index (χ1v) is 12.4. The van der Waals surface area contributed by atoms with E-state index in [2.05, 4.69) is 49.6 Å². The van der Waals surface area contributed by atoms with Crippen molar-refractivity contribution in [3.8, 4) is 11.3 Å².